The highest BCUT2D eigenvalue weighted by Gasteiger charge is 2.25. The van der Waals surface area contributed by atoms with E-state index in [0.29, 0.717) is 5.25 Å². The SMILES string of the molecule is CN(C)CCN1CCN(C2=NCC(CBr)S2)CC1. The monoisotopic (exact) mass is 334 g/mol. The molecule has 0 aromatic rings. The molecule has 2 heterocycles. The lowest BCUT2D eigenvalue weighted by molar-refractivity contribution is 0.171. The minimum Gasteiger partial charge on any atom is -0.349 e. The van der Waals surface area contributed by atoms with Gasteiger partial charge in [-0.15, -0.1) is 0 Å². The van der Waals surface area contributed by atoms with Gasteiger partial charge in [0.05, 0.1) is 6.54 Å². The van der Waals surface area contributed by atoms with Gasteiger partial charge in [-0.25, -0.2) is 0 Å². The maximum absolute atomic E-state index is 4.66. The Kier molecular flexibility index (Phi) is 5.79. The lowest BCUT2D eigenvalue weighted by atomic mass is 10.3. The molecule has 104 valence electrons. The van der Waals surface area contributed by atoms with Gasteiger partial charge in [-0.2, -0.15) is 0 Å². The lowest BCUT2D eigenvalue weighted by Gasteiger charge is -2.36. The van der Waals surface area contributed by atoms with E-state index in [1.807, 2.05) is 11.8 Å². The van der Waals surface area contributed by atoms with Crippen LogP contribution in [-0.4, -0.2) is 90.4 Å². The van der Waals surface area contributed by atoms with Crippen LogP contribution in [0.4, 0.5) is 0 Å². The number of piperazine rings is 1. The molecule has 4 nitrogen and oxygen atoms in total. The van der Waals surface area contributed by atoms with Crippen LogP contribution < -0.4 is 0 Å². The van der Waals surface area contributed by atoms with Crippen LogP contribution in [0, 0.1) is 0 Å². The van der Waals surface area contributed by atoms with Crippen LogP contribution in [0.15, 0.2) is 4.99 Å². The number of hydrogen-bond acceptors (Lipinski definition) is 5. The van der Waals surface area contributed by atoms with Crippen molar-refractivity contribution in [3.05, 3.63) is 0 Å². The van der Waals surface area contributed by atoms with Gasteiger partial charge in [0.15, 0.2) is 5.17 Å². The summed E-state index contributed by atoms with van der Waals surface area (Å²) < 4.78 is 0. The predicted molar refractivity (Wildman–Crippen MR) is 84.0 cm³/mol. The number of amidine groups is 1. The minimum absolute atomic E-state index is 0.645. The standard InChI is InChI=1S/C12H23BrN4S/c1-15(2)3-4-16-5-7-17(8-6-16)12-14-10-11(9-13)18-12/h11H,3-10H2,1-2H3. The summed E-state index contributed by atoms with van der Waals surface area (Å²) in [4.78, 5) is 11.9. The van der Waals surface area contributed by atoms with Gasteiger partial charge in [-0.3, -0.25) is 9.89 Å². The first-order valence-electron chi connectivity index (χ1n) is 6.58. The van der Waals surface area contributed by atoms with E-state index in [9.17, 15) is 0 Å². The molecule has 2 rings (SSSR count). The van der Waals surface area contributed by atoms with Gasteiger partial charge in [0.1, 0.15) is 0 Å². The Hall–Kier alpha value is 0.220. The summed E-state index contributed by atoms with van der Waals surface area (Å²) >= 11 is 5.48. The van der Waals surface area contributed by atoms with E-state index >= 15 is 0 Å². The Morgan fingerprint density at radius 2 is 2.06 bits per heavy atom. The largest absolute Gasteiger partial charge is 0.349 e. The number of alkyl halides is 1. The highest BCUT2D eigenvalue weighted by molar-refractivity contribution is 9.09. The van der Waals surface area contributed by atoms with E-state index < -0.39 is 0 Å². The molecular weight excluding hydrogens is 312 g/mol. The number of thioether (sulfide) groups is 1. The third kappa shape index (κ3) is 4.11. The second-order valence-electron chi connectivity index (χ2n) is 5.15. The van der Waals surface area contributed by atoms with E-state index in [1.165, 1.54) is 24.8 Å². The number of hydrogen-bond donors (Lipinski definition) is 0. The Bertz CT molecular complexity index is 290. The molecule has 1 fully saturated rings. The number of aliphatic imine (C=N–C) groups is 1. The predicted octanol–water partition coefficient (Wildman–Crippen LogP) is 1.03. The average molecular weight is 335 g/mol. The molecule has 0 bridgehead atoms. The number of rotatable bonds is 4. The highest BCUT2D eigenvalue weighted by atomic mass is 79.9. The molecule has 0 amide bonds. The van der Waals surface area contributed by atoms with Crippen LogP contribution in [-0.2, 0) is 0 Å². The number of nitrogens with zero attached hydrogens (tertiary/aromatic N) is 4. The van der Waals surface area contributed by atoms with Gasteiger partial charge in [0.25, 0.3) is 0 Å². The third-order valence-electron chi connectivity index (χ3n) is 3.38. The number of halogens is 1. The summed E-state index contributed by atoms with van der Waals surface area (Å²) in [5.41, 5.74) is 0. The van der Waals surface area contributed by atoms with Gasteiger partial charge in [0.2, 0.25) is 0 Å². The Labute approximate surface area is 123 Å². The van der Waals surface area contributed by atoms with Gasteiger partial charge in [-0.05, 0) is 14.1 Å². The molecule has 0 saturated carbocycles. The number of likely N-dealkylation sites (N-methyl/N-ethyl adjacent to an activating group) is 1. The zero-order chi connectivity index (χ0) is 13.0. The molecule has 0 aromatic heterocycles. The first-order valence-corrected chi connectivity index (χ1v) is 8.58. The molecule has 2 aliphatic heterocycles. The Balaban J connectivity index is 1.70. The fourth-order valence-corrected chi connectivity index (χ4v) is 3.75. The average Bonchev–Trinajstić information content (AvgIpc) is 2.85. The fraction of sp³-hybridized carbons (Fsp3) is 0.917. The summed E-state index contributed by atoms with van der Waals surface area (Å²) in [7, 11) is 4.28. The topological polar surface area (TPSA) is 22.1 Å². The van der Waals surface area contributed by atoms with Crippen LogP contribution in [0.1, 0.15) is 0 Å². The summed E-state index contributed by atoms with van der Waals surface area (Å²) in [5.74, 6) is 0. The molecule has 1 atom stereocenters. The first kappa shape index (κ1) is 14.6. The summed E-state index contributed by atoms with van der Waals surface area (Å²) in [5, 5.41) is 2.96. The van der Waals surface area contributed by atoms with Crippen LogP contribution in [0.5, 0.6) is 0 Å². The smallest absolute Gasteiger partial charge is 0.159 e. The molecule has 0 aliphatic carbocycles. The van der Waals surface area contributed by atoms with Crippen LogP contribution in [0.3, 0.4) is 0 Å². The first-order chi connectivity index (χ1) is 8.69. The molecule has 18 heavy (non-hydrogen) atoms. The van der Waals surface area contributed by atoms with Crippen molar-refractivity contribution in [3.8, 4) is 0 Å². The molecule has 0 aromatic carbocycles. The van der Waals surface area contributed by atoms with E-state index in [2.05, 4.69) is 49.7 Å². The molecule has 0 radical (unpaired) electrons. The van der Waals surface area contributed by atoms with Crippen LogP contribution in [0.2, 0.25) is 0 Å². The summed E-state index contributed by atoms with van der Waals surface area (Å²) in [6.45, 7) is 7.93. The van der Waals surface area contributed by atoms with Gasteiger partial charge in [-0.1, -0.05) is 27.7 Å². The maximum Gasteiger partial charge on any atom is 0.159 e. The normalized spacial score (nSPS) is 25.9. The van der Waals surface area contributed by atoms with Crippen LogP contribution in [0.25, 0.3) is 0 Å². The van der Waals surface area contributed by atoms with Crippen molar-refractivity contribution in [1.29, 1.82) is 0 Å². The summed E-state index contributed by atoms with van der Waals surface area (Å²) in [6.07, 6.45) is 0. The van der Waals surface area contributed by atoms with Crippen molar-refractivity contribution < 1.29 is 0 Å². The van der Waals surface area contributed by atoms with Crippen molar-refractivity contribution >= 4 is 32.9 Å². The van der Waals surface area contributed by atoms with E-state index in [4.69, 9.17) is 0 Å². The van der Waals surface area contributed by atoms with E-state index in [1.54, 1.807) is 0 Å². The van der Waals surface area contributed by atoms with E-state index in [0.717, 1.165) is 31.5 Å². The van der Waals surface area contributed by atoms with Gasteiger partial charge < -0.3 is 9.80 Å². The fourth-order valence-electron chi connectivity index (χ4n) is 2.16. The highest BCUT2D eigenvalue weighted by Crippen LogP contribution is 2.25. The zero-order valence-electron chi connectivity index (χ0n) is 11.3. The Morgan fingerprint density at radius 1 is 1.33 bits per heavy atom. The zero-order valence-corrected chi connectivity index (χ0v) is 13.7. The van der Waals surface area contributed by atoms with Crippen molar-refractivity contribution in [3.63, 3.8) is 0 Å². The molecule has 0 N–H and O–H groups in total. The van der Waals surface area contributed by atoms with Crippen molar-refractivity contribution in [2.24, 2.45) is 4.99 Å². The summed E-state index contributed by atoms with van der Waals surface area (Å²) in [6, 6.07) is 0. The molecule has 1 saturated heterocycles. The van der Waals surface area contributed by atoms with Crippen LogP contribution >= 0.6 is 27.7 Å². The molecular formula is C12H23BrN4S. The Morgan fingerprint density at radius 3 is 2.61 bits per heavy atom. The second-order valence-corrected chi connectivity index (χ2v) is 7.06. The quantitative estimate of drug-likeness (QED) is 0.716. The van der Waals surface area contributed by atoms with Gasteiger partial charge >= 0.3 is 0 Å². The van der Waals surface area contributed by atoms with Crippen molar-refractivity contribution in [2.45, 2.75) is 5.25 Å². The second kappa shape index (κ2) is 7.12. The van der Waals surface area contributed by atoms with Gasteiger partial charge in [0, 0.05) is 49.8 Å². The molecule has 1 unspecified atom stereocenters. The van der Waals surface area contributed by atoms with Crippen molar-refractivity contribution in [1.82, 2.24) is 14.7 Å². The maximum atomic E-state index is 4.66. The third-order valence-corrected chi connectivity index (χ3v) is 5.84. The molecule has 6 heteroatoms. The lowest BCUT2D eigenvalue weighted by Crippen LogP contribution is -2.49. The molecule has 2 aliphatic rings. The molecule has 0 spiro atoms. The van der Waals surface area contributed by atoms with Crippen molar-refractivity contribution in [2.75, 3.05) is 65.2 Å². The van der Waals surface area contributed by atoms with E-state index in [-0.39, 0.29) is 0 Å². The minimum atomic E-state index is 0.645.